The summed E-state index contributed by atoms with van der Waals surface area (Å²) in [6.07, 6.45) is 11.7. The van der Waals surface area contributed by atoms with E-state index in [1.54, 1.807) is 0 Å². The molecule has 29 heavy (non-hydrogen) atoms. The molecule has 5 nitrogen and oxygen atoms in total. The van der Waals surface area contributed by atoms with Gasteiger partial charge in [0, 0.05) is 64.4 Å². The molecule has 5 heteroatoms. The lowest BCUT2D eigenvalue weighted by Crippen LogP contribution is -2.58. The number of nitrogens with zero attached hydrogens (tertiary/aromatic N) is 3. The van der Waals surface area contributed by atoms with Crippen LogP contribution in [-0.2, 0) is 9.53 Å². The zero-order chi connectivity index (χ0) is 20.3. The van der Waals surface area contributed by atoms with Gasteiger partial charge in [0.25, 0.3) is 0 Å². The van der Waals surface area contributed by atoms with Gasteiger partial charge in [0.2, 0.25) is 5.91 Å². The average molecular weight is 406 g/mol. The normalized spacial score (nSPS) is 29.8. The number of ether oxygens (including phenoxy) is 1. The first kappa shape index (κ1) is 21.6. The maximum Gasteiger partial charge on any atom is 0.222 e. The molecule has 166 valence electrons. The minimum atomic E-state index is 0.0281. The second kappa shape index (κ2) is 9.65. The number of carbonyl (C=O) groups excluding carboxylic acids is 1. The molecular formula is C24H43N3O2. The lowest BCUT2D eigenvalue weighted by atomic mass is 9.81. The second-order valence-corrected chi connectivity index (χ2v) is 10.4. The average Bonchev–Trinajstić information content (AvgIpc) is 3.26. The van der Waals surface area contributed by atoms with E-state index in [0.717, 1.165) is 51.3 Å². The van der Waals surface area contributed by atoms with Crippen LogP contribution < -0.4 is 0 Å². The number of hydrogen-bond donors (Lipinski definition) is 0. The van der Waals surface area contributed by atoms with Crippen molar-refractivity contribution in [3.05, 3.63) is 0 Å². The molecule has 1 amide bonds. The van der Waals surface area contributed by atoms with Crippen molar-refractivity contribution >= 4 is 5.91 Å². The molecule has 0 unspecified atom stereocenters. The lowest BCUT2D eigenvalue weighted by molar-refractivity contribution is -0.150. The highest BCUT2D eigenvalue weighted by Gasteiger charge is 2.43. The third-order valence-corrected chi connectivity index (χ3v) is 8.33. The van der Waals surface area contributed by atoms with E-state index in [0.29, 0.717) is 18.0 Å². The van der Waals surface area contributed by atoms with Crippen LogP contribution in [0.25, 0.3) is 0 Å². The fourth-order valence-corrected chi connectivity index (χ4v) is 6.23. The van der Waals surface area contributed by atoms with Crippen molar-refractivity contribution < 1.29 is 9.53 Å². The molecule has 3 aliphatic heterocycles. The Hall–Kier alpha value is -0.650. The molecule has 0 aromatic carbocycles. The van der Waals surface area contributed by atoms with Crippen LogP contribution in [0.3, 0.4) is 0 Å². The Morgan fingerprint density at radius 3 is 2.34 bits per heavy atom. The first-order valence-corrected chi connectivity index (χ1v) is 12.4. The van der Waals surface area contributed by atoms with Gasteiger partial charge in [0.15, 0.2) is 0 Å². The van der Waals surface area contributed by atoms with Crippen molar-refractivity contribution in [2.75, 3.05) is 45.9 Å². The van der Waals surface area contributed by atoms with E-state index in [9.17, 15) is 4.79 Å². The molecule has 1 spiro atoms. The zero-order valence-electron chi connectivity index (χ0n) is 18.9. The van der Waals surface area contributed by atoms with Crippen molar-refractivity contribution in [3.8, 4) is 0 Å². The zero-order valence-corrected chi connectivity index (χ0v) is 18.9. The Kier molecular flexibility index (Phi) is 7.18. The van der Waals surface area contributed by atoms with Crippen molar-refractivity contribution in [3.63, 3.8) is 0 Å². The molecular weight excluding hydrogens is 362 g/mol. The SMILES string of the molecule is CC(C)N1CCN([C@@H]2CCOC3(CCN(C(=O)CCC4CCCC4)CC3)C2)CC1. The Labute approximate surface area is 178 Å². The van der Waals surface area contributed by atoms with Gasteiger partial charge in [-0.25, -0.2) is 0 Å². The molecule has 0 aromatic rings. The molecule has 1 atom stereocenters. The molecule has 1 saturated carbocycles. The van der Waals surface area contributed by atoms with Crippen LogP contribution in [0.1, 0.15) is 78.1 Å². The van der Waals surface area contributed by atoms with Gasteiger partial charge in [0.05, 0.1) is 5.60 Å². The minimum absolute atomic E-state index is 0.0281. The van der Waals surface area contributed by atoms with Crippen LogP contribution in [0, 0.1) is 5.92 Å². The summed E-state index contributed by atoms with van der Waals surface area (Å²) in [6.45, 7) is 12.1. The number of carbonyl (C=O) groups is 1. The van der Waals surface area contributed by atoms with E-state index >= 15 is 0 Å². The van der Waals surface area contributed by atoms with Crippen LogP contribution in [0.5, 0.6) is 0 Å². The van der Waals surface area contributed by atoms with Gasteiger partial charge in [-0.2, -0.15) is 0 Å². The highest BCUT2D eigenvalue weighted by Crippen LogP contribution is 2.37. The molecule has 4 rings (SSSR count). The van der Waals surface area contributed by atoms with Crippen LogP contribution in [0.4, 0.5) is 0 Å². The van der Waals surface area contributed by atoms with E-state index in [1.165, 1.54) is 64.7 Å². The summed E-state index contributed by atoms with van der Waals surface area (Å²) in [5.74, 6) is 1.21. The second-order valence-electron chi connectivity index (χ2n) is 10.4. The Bertz CT molecular complexity index is 530. The predicted molar refractivity (Wildman–Crippen MR) is 117 cm³/mol. The van der Waals surface area contributed by atoms with Gasteiger partial charge in [0.1, 0.15) is 0 Å². The molecule has 0 N–H and O–H groups in total. The van der Waals surface area contributed by atoms with Crippen molar-refractivity contribution in [2.24, 2.45) is 5.92 Å². The molecule has 3 heterocycles. The number of rotatable bonds is 5. The van der Waals surface area contributed by atoms with Crippen LogP contribution in [0.15, 0.2) is 0 Å². The number of piperazine rings is 1. The molecule has 0 aromatic heterocycles. The van der Waals surface area contributed by atoms with Crippen molar-refractivity contribution in [1.82, 2.24) is 14.7 Å². The minimum Gasteiger partial charge on any atom is -0.375 e. The quantitative estimate of drug-likeness (QED) is 0.701. The summed E-state index contributed by atoms with van der Waals surface area (Å²) in [5, 5.41) is 0. The Morgan fingerprint density at radius 1 is 1.00 bits per heavy atom. The van der Waals surface area contributed by atoms with Gasteiger partial charge in [-0.1, -0.05) is 25.7 Å². The number of amides is 1. The van der Waals surface area contributed by atoms with E-state index in [2.05, 4.69) is 28.5 Å². The Morgan fingerprint density at radius 2 is 1.69 bits per heavy atom. The van der Waals surface area contributed by atoms with Gasteiger partial charge in [-0.15, -0.1) is 0 Å². The summed E-state index contributed by atoms with van der Waals surface area (Å²) in [5.41, 5.74) is 0.0281. The first-order valence-electron chi connectivity index (χ1n) is 12.4. The largest absolute Gasteiger partial charge is 0.375 e. The maximum absolute atomic E-state index is 12.7. The number of hydrogen-bond acceptors (Lipinski definition) is 4. The molecule has 0 radical (unpaired) electrons. The van der Waals surface area contributed by atoms with Crippen molar-refractivity contribution in [2.45, 2.75) is 95.7 Å². The smallest absolute Gasteiger partial charge is 0.222 e. The number of piperidine rings is 1. The first-order chi connectivity index (χ1) is 14.0. The summed E-state index contributed by atoms with van der Waals surface area (Å²) >= 11 is 0. The third-order valence-electron chi connectivity index (χ3n) is 8.33. The van der Waals surface area contributed by atoms with E-state index < -0.39 is 0 Å². The molecule has 3 saturated heterocycles. The van der Waals surface area contributed by atoms with Gasteiger partial charge in [-0.3, -0.25) is 14.6 Å². The molecule has 4 fully saturated rings. The van der Waals surface area contributed by atoms with Crippen LogP contribution in [0.2, 0.25) is 0 Å². The third kappa shape index (κ3) is 5.34. The summed E-state index contributed by atoms with van der Waals surface area (Å²) < 4.78 is 6.38. The summed E-state index contributed by atoms with van der Waals surface area (Å²) in [4.78, 5) is 20.2. The summed E-state index contributed by atoms with van der Waals surface area (Å²) in [7, 11) is 0. The highest BCUT2D eigenvalue weighted by atomic mass is 16.5. The highest BCUT2D eigenvalue weighted by molar-refractivity contribution is 5.76. The van der Waals surface area contributed by atoms with Crippen molar-refractivity contribution in [1.29, 1.82) is 0 Å². The van der Waals surface area contributed by atoms with Crippen LogP contribution in [-0.4, -0.2) is 84.2 Å². The maximum atomic E-state index is 12.7. The summed E-state index contributed by atoms with van der Waals surface area (Å²) in [6, 6.07) is 1.33. The Balaban J connectivity index is 1.23. The van der Waals surface area contributed by atoms with Gasteiger partial charge >= 0.3 is 0 Å². The van der Waals surface area contributed by atoms with E-state index in [1.807, 2.05) is 0 Å². The van der Waals surface area contributed by atoms with E-state index in [4.69, 9.17) is 4.74 Å². The molecule has 4 aliphatic rings. The lowest BCUT2D eigenvalue weighted by Gasteiger charge is -2.50. The fourth-order valence-electron chi connectivity index (χ4n) is 6.23. The monoisotopic (exact) mass is 405 g/mol. The topological polar surface area (TPSA) is 36.0 Å². The molecule has 1 aliphatic carbocycles. The standard InChI is InChI=1S/C24H43N3O2/c1-20(2)25-14-16-26(17-15-25)22-9-18-29-24(19-22)10-12-27(13-11-24)23(28)8-7-21-5-3-4-6-21/h20-22H,3-19H2,1-2H3/t22-/m1/s1. The fraction of sp³-hybridized carbons (Fsp3) is 0.958. The predicted octanol–water partition coefficient (Wildman–Crippen LogP) is 3.52. The van der Waals surface area contributed by atoms with Gasteiger partial charge in [-0.05, 0) is 51.9 Å². The number of likely N-dealkylation sites (tertiary alicyclic amines) is 1. The molecule has 0 bridgehead atoms. The van der Waals surface area contributed by atoms with Crippen LogP contribution >= 0.6 is 0 Å². The van der Waals surface area contributed by atoms with E-state index in [-0.39, 0.29) is 5.60 Å². The van der Waals surface area contributed by atoms with Gasteiger partial charge < -0.3 is 9.64 Å².